The summed E-state index contributed by atoms with van der Waals surface area (Å²) in [5, 5.41) is 0. The number of rotatable bonds is 4. The third kappa shape index (κ3) is 4.85. The van der Waals surface area contributed by atoms with Crippen LogP contribution in [0.3, 0.4) is 0 Å². The third-order valence-electron chi connectivity index (χ3n) is 10.7. The molecule has 0 fully saturated rings. The van der Waals surface area contributed by atoms with E-state index < -0.39 is 0 Å². The van der Waals surface area contributed by atoms with Crippen LogP contribution in [0.4, 0.5) is 0 Å². The highest BCUT2D eigenvalue weighted by atomic mass is 14.3. The maximum absolute atomic E-state index is 2.48. The van der Waals surface area contributed by atoms with Crippen LogP contribution in [-0.4, -0.2) is 6.71 Å². The zero-order valence-electron chi connectivity index (χ0n) is 27.8. The molecule has 7 aromatic rings. The highest BCUT2D eigenvalue weighted by molar-refractivity contribution is 6.97. The molecule has 2 heterocycles. The lowest BCUT2D eigenvalue weighted by Gasteiger charge is -2.36. The molecule has 0 N–H and O–H groups in total. The van der Waals surface area contributed by atoms with Gasteiger partial charge in [0.15, 0.2) is 0 Å². The Morgan fingerprint density at radius 1 is 0.333 bits per heavy atom. The Labute approximate surface area is 284 Å². The Kier molecular flexibility index (Phi) is 6.83. The fourth-order valence-electron chi connectivity index (χ4n) is 8.63. The molecule has 0 radical (unpaired) electrons. The molecule has 2 aliphatic heterocycles. The molecule has 2 aliphatic rings. The van der Waals surface area contributed by atoms with Gasteiger partial charge in [-0.2, -0.15) is 0 Å². The van der Waals surface area contributed by atoms with Crippen LogP contribution in [0.2, 0.25) is 0 Å². The highest BCUT2D eigenvalue weighted by Crippen LogP contribution is 2.33. The summed E-state index contributed by atoms with van der Waals surface area (Å²) in [6.07, 6.45) is 1.99. The van der Waals surface area contributed by atoms with Gasteiger partial charge in [-0.15, -0.1) is 0 Å². The molecule has 0 saturated carbocycles. The van der Waals surface area contributed by atoms with E-state index in [1.807, 2.05) is 0 Å². The van der Waals surface area contributed by atoms with E-state index in [9.17, 15) is 0 Å². The van der Waals surface area contributed by atoms with Gasteiger partial charge in [0.25, 0.3) is 0 Å². The molecular weight excluding hydrogens is 575 g/mol. The zero-order valence-corrected chi connectivity index (χ0v) is 27.8. The Bertz CT molecular complexity index is 2170. The van der Waals surface area contributed by atoms with Crippen LogP contribution in [0.5, 0.6) is 0 Å². The van der Waals surface area contributed by atoms with Gasteiger partial charge in [0.05, 0.1) is 0 Å². The lowest BCUT2D eigenvalue weighted by Crippen LogP contribution is -2.62. The first kappa shape index (κ1) is 28.8. The summed E-state index contributed by atoms with van der Waals surface area (Å²) in [5.74, 6) is 0. The normalized spacial score (nSPS) is 12.7. The lowest BCUT2D eigenvalue weighted by molar-refractivity contribution is 1.13. The van der Waals surface area contributed by atoms with Crippen molar-refractivity contribution in [2.45, 2.75) is 33.6 Å². The zero-order chi connectivity index (χ0) is 32.4. The van der Waals surface area contributed by atoms with E-state index in [2.05, 4.69) is 166 Å². The van der Waals surface area contributed by atoms with Gasteiger partial charge in [-0.25, -0.2) is 0 Å². The van der Waals surface area contributed by atoms with Crippen LogP contribution < -0.4 is 16.4 Å². The Balaban J connectivity index is 1.13. The maximum atomic E-state index is 2.48. The first-order valence-corrected chi connectivity index (χ1v) is 17.2. The van der Waals surface area contributed by atoms with Gasteiger partial charge in [0.2, 0.25) is 6.71 Å². The average molecular weight is 613 g/mol. The fourth-order valence-corrected chi connectivity index (χ4v) is 8.63. The molecule has 0 atom stereocenters. The molecule has 0 amide bonds. The highest BCUT2D eigenvalue weighted by Gasteiger charge is 2.39. The van der Waals surface area contributed by atoms with Crippen LogP contribution in [-0.2, 0) is 12.8 Å². The molecule has 0 bridgehead atoms. The summed E-state index contributed by atoms with van der Waals surface area (Å²) in [6.45, 7) is 7.22. The second-order valence-electron chi connectivity index (χ2n) is 13.9. The van der Waals surface area contributed by atoms with Crippen molar-refractivity contribution < 1.29 is 0 Å². The third-order valence-corrected chi connectivity index (χ3v) is 10.7. The number of benzene rings is 7. The Hall–Kier alpha value is -5.40. The van der Waals surface area contributed by atoms with Crippen molar-refractivity contribution in [1.29, 1.82) is 0 Å². The van der Waals surface area contributed by atoms with Crippen LogP contribution in [0, 0.1) is 20.8 Å². The van der Waals surface area contributed by atoms with Gasteiger partial charge in [0.1, 0.15) is 0 Å². The van der Waals surface area contributed by atoms with Crippen LogP contribution in [0.1, 0.15) is 38.9 Å². The fraction of sp³-hybridized carbons (Fsp3) is 0.106. The van der Waals surface area contributed by atoms with Crippen molar-refractivity contribution in [3.8, 4) is 44.5 Å². The second-order valence-corrected chi connectivity index (χ2v) is 13.9. The minimum Gasteiger partial charge on any atom is -0.0622 e. The van der Waals surface area contributed by atoms with E-state index in [0.717, 1.165) is 12.8 Å². The molecule has 1 heteroatoms. The Morgan fingerprint density at radius 2 is 0.667 bits per heavy atom. The molecule has 48 heavy (non-hydrogen) atoms. The molecule has 7 aromatic carbocycles. The van der Waals surface area contributed by atoms with Gasteiger partial charge in [-0.3, -0.25) is 0 Å². The van der Waals surface area contributed by atoms with Gasteiger partial charge < -0.3 is 0 Å². The lowest BCUT2D eigenvalue weighted by atomic mass is 9.29. The SMILES string of the molecule is Cc1cc2c3c(c1)Cc1cc(-c4ccc(-c5ccccc5)cc4)cc(C)c1B3c1c(C)cc(-c3ccc(-c4ccccc4)cc3)cc1C2. The molecule has 9 rings (SSSR count). The monoisotopic (exact) mass is 612 g/mol. The number of hydrogen-bond acceptors (Lipinski definition) is 0. The van der Waals surface area contributed by atoms with Crippen molar-refractivity contribution in [2.24, 2.45) is 0 Å². The van der Waals surface area contributed by atoms with E-state index in [1.54, 1.807) is 5.46 Å². The molecule has 0 spiro atoms. The predicted octanol–water partition coefficient (Wildman–Crippen LogP) is 9.60. The molecule has 0 aliphatic carbocycles. The summed E-state index contributed by atoms with van der Waals surface area (Å²) in [5.41, 5.74) is 24.9. The minimum atomic E-state index is 0.270. The summed E-state index contributed by atoms with van der Waals surface area (Å²) in [7, 11) is 0. The van der Waals surface area contributed by atoms with Crippen molar-refractivity contribution >= 4 is 23.1 Å². The quantitative estimate of drug-likeness (QED) is 0.174. The summed E-state index contributed by atoms with van der Waals surface area (Å²) in [4.78, 5) is 0. The molecule has 0 aromatic heterocycles. The average Bonchev–Trinajstić information content (AvgIpc) is 3.11. The van der Waals surface area contributed by atoms with Crippen LogP contribution in [0.25, 0.3) is 44.5 Å². The summed E-state index contributed by atoms with van der Waals surface area (Å²) < 4.78 is 0. The van der Waals surface area contributed by atoms with Crippen molar-refractivity contribution in [1.82, 2.24) is 0 Å². The topological polar surface area (TPSA) is 0 Å². The van der Waals surface area contributed by atoms with Gasteiger partial charge in [0, 0.05) is 0 Å². The van der Waals surface area contributed by atoms with Crippen LogP contribution in [0.15, 0.2) is 146 Å². The van der Waals surface area contributed by atoms with Crippen LogP contribution >= 0.6 is 0 Å². The minimum absolute atomic E-state index is 0.270. The molecule has 0 unspecified atom stereocenters. The first-order valence-electron chi connectivity index (χ1n) is 17.2. The standard InChI is InChI=1S/C47H37B/c1-30-22-41-28-43-26-39(37-18-14-35(15-19-37)33-10-6-4-7-11-33)24-31(2)45(43)48-46-32(3)25-40(27-44(46)29-42(23-30)47(41)48)38-20-16-36(17-21-38)34-12-8-5-9-13-34/h4-27H,28-29H2,1-3H3. The smallest absolute Gasteiger partial charge is 0.0622 e. The molecule has 0 saturated heterocycles. The first-order chi connectivity index (χ1) is 23.5. The summed E-state index contributed by atoms with van der Waals surface area (Å²) >= 11 is 0. The van der Waals surface area contributed by atoms with Gasteiger partial charge in [-0.05, 0) is 100 Å². The largest absolute Gasteiger partial charge is 0.243 e. The predicted molar refractivity (Wildman–Crippen MR) is 206 cm³/mol. The number of hydrogen-bond donors (Lipinski definition) is 0. The van der Waals surface area contributed by atoms with E-state index >= 15 is 0 Å². The summed E-state index contributed by atoms with van der Waals surface area (Å²) in [6, 6.07) is 54.2. The second kappa shape index (κ2) is 11.4. The van der Waals surface area contributed by atoms with E-state index in [4.69, 9.17) is 0 Å². The van der Waals surface area contributed by atoms with Crippen molar-refractivity contribution in [3.05, 3.63) is 185 Å². The van der Waals surface area contributed by atoms with E-state index in [1.165, 1.54) is 94.4 Å². The van der Waals surface area contributed by atoms with Crippen molar-refractivity contribution in [2.75, 3.05) is 0 Å². The number of fused-ring (bicyclic) bond motifs is 4. The maximum Gasteiger partial charge on any atom is 0.243 e. The molecule has 0 nitrogen and oxygen atoms in total. The van der Waals surface area contributed by atoms with Crippen molar-refractivity contribution in [3.63, 3.8) is 0 Å². The number of aryl methyl sites for hydroxylation is 3. The molecular formula is C47H37B. The Morgan fingerprint density at radius 3 is 1.06 bits per heavy atom. The molecule has 228 valence electrons. The van der Waals surface area contributed by atoms with Gasteiger partial charge >= 0.3 is 0 Å². The van der Waals surface area contributed by atoms with Gasteiger partial charge in [-0.1, -0.05) is 179 Å². The van der Waals surface area contributed by atoms with E-state index in [-0.39, 0.29) is 6.71 Å². The van der Waals surface area contributed by atoms with E-state index in [0.29, 0.717) is 0 Å².